The quantitative estimate of drug-likeness (QED) is 0.694. The number of hydrogen-bond acceptors (Lipinski definition) is 1. The van der Waals surface area contributed by atoms with E-state index in [0.29, 0.717) is 19.3 Å². The minimum Gasteiger partial charge on any atom is -0.328 e. The van der Waals surface area contributed by atoms with Crippen molar-refractivity contribution in [1.29, 1.82) is 0 Å². The van der Waals surface area contributed by atoms with Gasteiger partial charge in [-0.2, -0.15) is 0 Å². The molecule has 0 spiro atoms. The van der Waals surface area contributed by atoms with Crippen LogP contribution >= 0.6 is 0 Å². The van der Waals surface area contributed by atoms with Crippen LogP contribution in [-0.4, -0.2) is 18.4 Å². The van der Waals surface area contributed by atoms with Crippen molar-refractivity contribution < 1.29 is 17.6 Å². The molecular formula is C8H13F4N. The molecule has 0 aromatic carbocycles. The maximum absolute atomic E-state index is 12.5. The molecule has 0 heterocycles. The molecular weight excluding hydrogens is 186 g/mol. The first kappa shape index (κ1) is 10.8. The monoisotopic (exact) mass is 199 g/mol. The predicted molar refractivity (Wildman–Crippen MR) is 40.9 cm³/mol. The average molecular weight is 199 g/mol. The van der Waals surface area contributed by atoms with Crippen LogP contribution in [0.25, 0.3) is 0 Å². The van der Waals surface area contributed by atoms with Crippen LogP contribution in [-0.2, 0) is 0 Å². The van der Waals surface area contributed by atoms with Gasteiger partial charge >= 0.3 is 12.3 Å². The van der Waals surface area contributed by atoms with Gasteiger partial charge in [-0.3, -0.25) is 0 Å². The molecule has 13 heavy (non-hydrogen) atoms. The molecule has 2 atom stereocenters. The summed E-state index contributed by atoms with van der Waals surface area (Å²) in [6.45, 7) is 0. The topological polar surface area (TPSA) is 26.0 Å². The highest BCUT2D eigenvalue weighted by molar-refractivity contribution is 4.83. The Morgan fingerprint density at radius 3 is 2.31 bits per heavy atom. The molecule has 0 amide bonds. The van der Waals surface area contributed by atoms with E-state index in [4.69, 9.17) is 5.73 Å². The summed E-state index contributed by atoms with van der Waals surface area (Å²) in [6.07, 6.45) is -2.61. The van der Waals surface area contributed by atoms with E-state index in [1.54, 1.807) is 0 Å². The van der Waals surface area contributed by atoms with Crippen molar-refractivity contribution in [2.24, 2.45) is 11.7 Å². The van der Waals surface area contributed by atoms with E-state index in [2.05, 4.69) is 0 Å². The van der Waals surface area contributed by atoms with Crippen LogP contribution in [0.15, 0.2) is 0 Å². The number of rotatable bonds is 3. The van der Waals surface area contributed by atoms with Gasteiger partial charge in [-0.25, -0.2) is 17.6 Å². The van der Waals surface area contributed by atoms with Gasteiger partial charge in [0.05, 0.1) is 0 Å². The summed E-state index contributed by atoms with van der Waals surface area (Å²) in [5.74, 6) is -4.17. The molecule has 0 aromatic rings. The zero-order chi connectivity index (χ0) is 10.1. The van der Waals surface area contributed by atoms with E-state index >= 15 is 0 Å². The van der Waals surface area contributed by atoms with E-state index in [1.165, 1.54) is 0 Å². The van der Waals surface area contributed by atoms with Crippen LogP contribution < -0.4 is 5.73 Å². The summed E-state index contributed by atoms with van der Waals surface area (Å²) in [5, 5.41) is 0. The van der Waals surface area contributed by atoms with Gasteiger partial charge in [-0.05, 0) is 25.2 Å². The van der Waals surface area contributed by atoms with Crippen molar-refractivity contribution in [2.45, 2.75) is 44.1 Å². The van der Waals surface area contributed by atoms with Gasteiger partial charge in [0.25, 0.3) is 0 Å². The normalized spacial score (nSPS) is 30.0. The van der Waals surface area contributed by atoms with Crippen molar-refractivity contribution in [1.82, 2.24) is 0 Å². The summed E-state index contributed by atoms with van der Waals surface area (Å²) >= 11 is 0. The first-order valence-electron chi connectivity index (χ1n) is 4.33. The molecule has 0 radical (unpaired) electrons. The van der Waals surface area contributed by atoms with Crippen molar-refractivity contribution >= 4 is 0 Å². The molecule has 1 saturated carbocycles. The van der Waals surface area contributed by atoms with Crippen molar-refractivity contribution in [3.63, 3.8) is 0 Å². The maximum atomic E-state index is 12.5. The van der Waals surface area contributed by atoms with Crippen molar-refractivity contribution in [2.75, 3.05) is 0 Å². The fraction of sp³-hybridized carbons (Fsp3) is 1.00. The third kappa shape index (κ3) is 2.83. The molecule has 1 nitrogen and oxygen atoms in total. The lowest BCUT2D eigenvalue weighted by Crippen LogP contribution is -2.29. The Balaban J connectivity index is 2.40. The summed E-state index contributed by atoms with van der Waals surface area (Å²) < 4.78 is 48.6. The fourth-order valence-electron chi connectivity index (χ4n) is 1.77. The Kier molecular flexibility index (Phi) is 3.16. The standard InChI is InChI=1S/C8H13F4N/c9-7(10)8(11,12)4-5-1-2-6(13)3-5/h5-7H,1-4,13H2. The first-order chi connectivity index (χ1) is 5.92. The highest BCUT2D eigenvalue weighted by atomic mass is 19.3. The molecule has 0 saturated heterocycles. The Bertz CT molecular complexity index is 172. The van der Waals surface area contributed by atoms with Crippen LogP contribution in [0.1, 0.15) is 25.7 Å². The van der Waals surface area contributed by atoms with E-state index in [9.17, 15) is 17.6 Å². The smallest absolute Gasteiger partial charge is 0.307 e. The number of halogens is 4. The zero-order valence-electron chi connectivity index (χ0n) is 7.15. The number of nitrogens with two attached hydrogens (primary N) is 1. The van der Waals surface area contributed by atoms with Crippen LogP contribution in [0, 0.1) is 5.92 Å². The molecule has 0 aromatic heterocycles. The molecule has 1 aliphatic carbocycles. The highest BCUT2D eigenvalue weighted by Crippen LogP contribution is 2.36. The third-order valence-electron chi connectivity index (χ3n) is 2.46. The SMILES string of the molecule is NC1CCC(CC(F)(F)C(F)F)C1. The summed E-state index contributed by atoms with van der Waals surface area (Å²) in [5.41, 5.74) is 5.49. The van der Waals surface area contributed by atoms with Crippen LogP contribution in [0.5, 0.6) is 0 Å². The van der Waals surface area contributed by atoms with Gasteiger partial charge in [0, 0.05) is 12.5 Å². The van der Waals surface area contributed by atoms with Crippen LogP contribution in [0.3, 0.4) is 0 Å². The second-order valence-corrected chi connectivity index (χ2v) is 3.71. The second-order valence-electron chi connectivity index (χ2n) is 3.71. The molecule has 2 N–H and O–H groups in total. The number of hydrogen-bond donors (Lipinski definition) is 1. The molecule has 5 heteroatoms. The molecule has 1 aliphatic rings. The summed E-state index contributed by atoms with van der Waals surface area (Å²) in [6, 6.07) is -0.0847. The summed E-state index contributed by atoms with van der Waals surface area (Å²) in [7, 11) is 0. The highest BCUT2D eigenvalue weighted by Gasteiger charge is 2.43. The molecule has 1 rings (SSSR count). The van der Waals surface area contributed by atoms with E-state index in [-0.39, 0.29) is 12.0 Å². The summed E-state index contributed by atoms with van der Waals surface area (Å²) in [4.78, 5) is 0. The van der Waals surface area contributed by atoms with Gasteiger partial charge in [0.1, 0.15) is 0 Å². The van der Waals surface area contributed by atoms with Crippen LogP contribution in [0.4, 0.5) is 17.6 Å². The minimum atomic E-state index is -3.84. The maximum Gasteiger partial charge on any atom is 0.307 e. The van der Waals surface area contributed by atoms with Crippen molar-refractivity contribution in [3.8, 4) is 0 Å². The lowest BCUT2D eigenvalue weighted by atomic mass is 9.99. The molecule has 2 unspecified atom stereocenters. The van der Waals surface area contributed by atoms with E-state index < -0.39 is 18.8 Å². The fourth-order valence-corrected chi connectivity index (χ4v) is 1.77. The van der Waals surface area contributed by atoms with Gasteiger partial charge < -0.3 is 5.73 Å². The van der Waals surface area contributed by atoms with E-state index in [0.717, 1.165) is 0 Å². The molecule has 1 fully saturated rings. The lowest BCUT2D eigenvalue weighted by molar-refractivity contribution is -0.140. The van der Waals surface area contributed by atoms with Gasteiger partial charge in [0.2, 0.25) is 0 Å². The van der Waals surface area contributed by atoms with Crippen molar-refractivity contribution in [3.05, 3.63) is 0 Å². The number of alkyl halides is 4. The lowest BCUT2D eigenvalue weighted by Gasteiger charge is -2.18. The van der Waals surface area contributed by atoms with Gasteiger partial charge in [-0.1, -0.05) is 0 Å². The van der Waals surface area contributed by atoms with Crippen LogP contribution in [0.2, 0.25) is 0 Å². The minimum absolute atomic E-state index is 0.0847. The van der Waals surface area contributed by atoms with Gasteiger partial charge in [-0.15, -0.1) is 0 Å². The Morgan fingerprint density at radius 2 is 1.92 bits per heavy atom. The first-order valence-corrected chi connectivity index (χ1v) is 4.33. The molecule has 78 valence electrons. The Hall–Kier alpha value is -0.320. The largest absolute Gasteiger partial charge is 0.328 e. The Labute approximate surface area is 74.3 Å². The average Bonchev–Trinajstić information content (AvgIpc) is 2.34. The predicted octanol–water partition coefficient (Wildman–Crippen LogP) is 2.40. The van der Waals surface area contributed by atoms with E-state index in [1.807, 2.05) is 0 Å². The molecule has 0 aliphatic heterocycles. The Morgan fingerprint density at radius 1 is 1.31 bits per heavy atom. The second kappa shape index (κ2) is 3.82. The third-order valence-corrected chi connectivity index (χ3v) is 2.46. The zero-order valence-corrected chi connectivity index (χ0v) is 7.15. The molecule has 0 bridgehead atoms. The van der Waals surface area contributed by atoms with Gasteiger partial charge in [0.15, 0.2) is 0 Å².